The van der Waals surface area contributed by atoms with Gasteiger partial charge >= 0.3 is 5.97 Å². The van der Waals surface area contributed by atoms with Crippen molar-refractivity contribution in [2.24, 2.45) is 0 Å². The smallest absolute Gasteiger partial charge is 0.374 e. The third kappa shape index (κ3) is 2.71. The van der Waals surface area contributed by atoms with Crippen molar-refractivity contribution in [3.05, 3.63) is 40.7 Å². The van der Waals surface area contributed by atoms with Crippen LogP contribution in [0.2, 0.25) is 5.02 Å². The van der Waals surface area contributed by atoms with Crippen molar-refractivity contribution < 1.29 is 19.2 Å². The fourth-order valence-corrected chi connectivity index (χ4v) is 2.73. The summed E-state index contributed by atoms with van der Waals surface area (Å²) in [5.41, 5.74) is 0.566. The number of benzene rings is 1. The summed E-state index contributed by atoms with van der Waals surface area (Å²) in [5, 5.41) is 15.6. The molecule has 2 N–H and O–H groups in total. The average molecular weight is 324 g/mol. The molecule has 0 aliphatic rings. The van der Waals surface area contributed by atoms with Gasteiger partial charge in [0.15, 0.2) is 10.8 Å². The summed E-state index contributed by atoms with van der Waals surface area (Å²) >= 11 is 7.12. The van der Waals surface area contributed by atoms with Crippen LogP contribution in [0.25, 0.3) is 10.2 Å². The molecule has 1 amide bonds. The van der Waals surface area contributed by atoms with Gasteiger partial charge in [0.1, 0.15) is 0 Å². The molecule has 1 aromatic carbocycles. The maximum Gasteiger partial charge on any atom is 0.374 e. The van der Waals surface area contributed by atoms with Gasteiger partial charge in [-0.1, -0.05) is 28.1 Å². The van der Waals surface area contributed by atoms with Crippen LogP contribution in [0.4, 0.5) is 5.13 Å². The maximum atomic E-state index is 11.9. The molecule has 7 nitrogen and oxygen atoms in total. The van der Waals surface area contributed by atoms with E-state index >= 15 is 0 Å². The van der Waals surface area contributed by atoms with Crippen LogP contribution in [0.1, 0.15) is 21.0 Å². The van der Waals surface area contributed by atoms with Gasteiger partial charge in [0.2, 0.25) is 5.76 Å². The van der Waals surface area contributed by atoms with Gasteiger partial charge in [0, 0.05) is 11.1 Å². The van der Waals surface area contributed by atoms with E-state index in [0.717, 1.165) is 10.8 Å². The largest absolute Gasteiger partial charge is 0.475 e. The van der Waals surface area contributed by atoms with Gasteiger partial charge in [-0.05, 0) is 18.2 Å². The number of thiazole rings is 1. The van der Waals surface area contributed by atoms with E-state index in [1.807, 2.05) is 0 Å². The van der Waals surface area contributed by atoms with Gasteiger partial charge in [-0.15, -0.1) is 0 Å². The Labute approximate surface area is 126 Å². The Bertz CT molecular complexity index is 857. The lowest BCUT2D eigenvalue weighted by Gasteiger charge is -1.95. The molecule has 0 atom stereocenters. The Morgan fingerprint density at radius 2 is 2.14 bits per heavy atom. The number of carbonyl (C=O) groups excluding carboxylic acids is 1. The molecule has 21 heavy (non-hydrogen) atoms. The van der Waals surface area contributed by atoms with Crippen molar-refractivity contribution in [3.8, 4) is 0 Å². The number of aromatic carboxylic acids is 1. The van der Waals surface area contributed by atoms with E-state index in [-0.39, 0.29) is 5.69 Å². The summed E-state index contributed by atoms with van der Waals surface area (Å²) in [7, 11) is 0. The number of amides is 1. The Hall–Kier alpha value is -2.45. The van der Waals surface area contributed by atoms with E-state index in [1.54, 1.807) is 18.2 Å². The molecular formula is C12H6ClN3O4S. The second-order valence-corrected chi connectivity index (χ2v) is 5.43. The third-order valence-electron chi connectivity index (χ3n) is 2.52. The highest BCUT2D eigenvalue weighted by Gasteiger charge is 2.17. The monoisotopic (exact) mass is 323 g/mol. The first-order chi connectivity index (χ1) is 10.0. The fraction of sp³-hybridized carbons (Fsp3) is 0. The molecule has 2 heterocycles. The standard InChI is InChI=1S/C12H6ClN3O4S/c13-5-1-2-6-9(3-5)21-12(14-6)15-10(17)7-4-8(11(18)19)20-16-7/h1-4H,(H,18,19)(H,14,15,17). The van der Waals surface area contributed by atoms with Crippen molar-refractivity contribution in [2.75, 3.05) is 5.32 Å². The van der Waals surface area contributed by atoms with Gasteiger partial charge in [-0.25, -0.2) is 9.78 Å². The number of anilines is 1. The Morgan fingerprint density at radius 3 is 2.86 bits per heavy atom. The second-order valence-electron chi connectivity index (χ2n) is 3.97. The SMILES string of the molecule is O=C(Nc1nc2ccc(Cl)cc2s1)c1cc(C(=O)O)on1. The Balaban J connectivity index is 1.83. The lowest BCUT2D eigenvalue weighted by atomic mass is 10.3. The highest BCUT2D eigenvalue weighted by atomic mass is 35.5. The van der Waals surface area contributed by atoms with Crippen molar-refractivity contribution in [1.82, 2.24) is 10.1 Å². The molecule has 9 heteroatoms. The second kappa shape index (κ2) is 5.15. The van der Waals surface area contributed by atoms with Crippen molar-refractivity contribution >= 4 is 50.2 Å². The normalized spacial score (nSPS) is 10.7. The van der Waals surface area contributed by atoms with E-state index < -0.39 is 17.6 Å². The molecule has 0 bridgehead atoms. The summed E-state index contributed by atoms with van der Waals surface area (Å²) in [6, 6.07) is 6.22. The van der Waals surface area contributed by atoms with Crippen molar-refractivity contribution in [2.45, 2.75) is 0 Å². The zero-order chi connectivity index (χ0) is 15.0. The molecule has 0 unspecified atom stereocenters. The molecule has 0 fully saturated rings. The first-order valence-corrected chi connectivity index (χ1v) is 6.80. The van der Waals surface area contributed by atoms with Crippen LogP contribution in [-0.4, -0.2) is 27.1 Å². The number of carboxylic acids is 1. The van der Waals surface area contributed by atoms with Gasteiger partial charge < -0.3 is 9.63 Å². The number of hydrogen-bond acceptors (Lipinski definition) is 6. The van der Waals surface area contributed by atoms with Crippen LogP contribution in [0.15, 0.2) is 28.8 Å². The predicted molar refractivity (Wildman–Crippen MR) is 76.0 cm³/mol. The number of hydrogen-bond donors (Lipinski definition) is 2. The molecule has 0 spiro atoms. The molecule has 0 saturated carbocycles. The first kappa shape index (κ1) is 13.5. The summed E-state index contributed by atoms with van der Waals surface area (Å²) < 4.78 is 5.34. The van der Waals surface area contributed by atoms with E-state index in [9.17, 15) is 9.59 Å². The van der Waals surface area contributed by atoms with Crippen LogP contribution < -0.4 is 5.32 Å². The number of fused-ring (bicyclic) bond motifs is 1. The highest BCUT2D eigenvalue weighted by molar-refractivity contribution is 7.22. The van der Waals surface area contributed by atoms with Crippen LogP contribution >= 0.6 is 22.9 Å². The number of nitrogens with zero attached hydrogens (tertiary/aromatic N) is 2. The molecule has 3 rings (SSSR count). The van der Waals surface area contributed by atoms with E-state index in [1.165, 1.54) is 11.3 Å². The van der Waals surface area contributed by atoms with E-state index in [0.29, 0.717) is 15.7 Å². The lowest BCUT2D eigenvalue weighted by molar-refractivity contribution is 0.0651. The lowest BCUT2D eigenvalue weighted by Crippen LogP contribution is -2.11. The first-order valence-electron chi connectivity index (χ1n) is 5.60. The summed E-state index contributed by atoms with van der Waals surface area (Å²) in [6.07, 6.45) is 0. The average Bonchev–Trinajstić information content (AvgIpc) is 3.03. The number of carbonyl (C=O) groups is 2. The third-order valence-corrected chi connectivity index (χ3v) is 3.69. The van der Waals surface area contributed by atoms with Gasteiger partial charge in [-0.3, -0.25) is 10.1 Å². The molecule has 3 aromatic rings. The van der Waals surface area contributed by atoms with E-state index in [4.69, 9.17) is 16.7 Å². The van der Waals surface area contributed by atoms with Crippen molar-refractivity contribution in [1.29, 1.82) is 0 Å². The zero-order valence-corrected chi connectivity index (χ0v) is 11.7. The number of aromatic nitrogens is 2. The van der Waals surface area contributed by atoms with Crippen LogP contribution in [-0.2, 0) is 0 Å². The predicted octanol–water partition coefficient (Wildman–Crippen LogP) is 2.89. The quantitative estimate of drug-likeness (QED) is 0.767. The topological polar surface area (TPSA) is 105 Å². The summed E-state index contributed by atoms with van der Waals surface area (Å²) in [4.78, 5) is 26.8. The van der Waals surface area contributed by atoms with Crippen LogP contribution in [0, 0.1) is 0 Å². The zero-order valence-electron chi connectivity index (χ0n) is 10.2. The van der Waals surface area contributed by atoms with Crippen LogP contribution in [0.3, 0.4) is 0 Å². The number of halogens is 1. The maximum absolute atomic E-state index is 11.9. The Morgan fingerprint density at radius 1 is 1.33 bits per heavy atom. The Kier molecular flexibility index (Phi) is 3.32. The number of nitrogens with one attached hydrogen (secondary N) is 1. The van der Waals surface area contributed by atoms with Crippen molar-refractivity contribution in [3.63, 3.8) is 0 Å². The summed E-state index contributed by atoms with van der Waals surface area (Å²) in [6.45, 7) is 0. The molecule has 0 aliphatic carbocycles. The molecule has 2 aromatic heterocycles. The minimum absolute atomic E-state index is 0.135. The highest BCUT2D eigenvalue weighted by Crippen LogP contribution is 2.28. The van der Waals surface area contributed by atoms with Gasteiger partial charge in [0.25, 0.3) is 5.91 Å². The number of rotatable bonds is 3. The minimum atomic E-state index is -1.30. The van der Waals surface area contributed by atoms with Crippen LogP contribution in [0.5, 0.6) is 0 Å². The number of carboxylic acid groups (broad SMARTS) is 1. The molecule has 0 saturated heterocycles. The molecule has 0 aliphatic heterocycles. The van der Waals surface area contributed by atoms with Gasteiger partial charge in [0.05, 0.1) is 10.2 Å². The van der Waals surface area contributed by atoms with E-state index in [2.05, 4.69) is 20.0 Å². The molecule has 0 radical (unpaired) electrons. The molecular weight excluding hydrogens is 318 g/mol. The fourth-order valence-electron chi connectivity index (χ4n) is 1.60. The van der Waals surface area contributed by atoms with Gasteiger partial charge in [-0.2, -0.15) is 0 Å². The molecule has 106 valence electrons. The minimum Gasteiger partial charge on any atom is -0.475 e. The summed E-state index contributed by atoms with van der Waals surface area (Å²) in [5.74, 6) is -2.30.